The van der Waals surface area contributed by atoms with Gasteiger partial charge >= 0.3 is 5.97 Å². The average Bonchev–Trinajstić information content (AvgIpc) is 3.35. The number of carboxylic acids is 1. The zero-order chi connectivity index (χ0) is 18.0. The molecule has 2 aliphatic rings. The summed E-state index contributed by atoms with van der Waals surface area (Å²) in [5.74, 6) is -0.681. The molecule has 1 aromatic heterocycles. The topological polar surface area (TPSA) is 99.8 Å². The van der Waals surface area contributed by atoms with Crippen LogP contribution >= 0.6 is 0 Å². The van der Waals surface area contributed by atoms with Gasteiger partial charge in [-0.15, -0.1) is 0 Å². The predicted molar refractivity (Wildman–Crippen MR) is 89.1 cm³/mol. The van der Waals surface area contributed by atoms with Crippen molar-refractivity contribution in [3.05, 3.63) is 23.2 Å². The van der Waals surface area contributed by atoms with Crippen LogP contribution < -0.4 is 5.32 Å². The summed E-state index contributed by atoms with van der Waals surface area (Å²) in [7, 11) is 0. The molecule has 1 atom stereocenters. The van der Waals surface area contributed by atoms with E-state index in [-0.39, 0.29) is 29.9 Å². The van der Waals surface area contributed by atoms with Crippen LogP contribution in [0.25, 0.3) is 0 Å². The summed E-state index contributed by atoms with van der Waals surface area (Å²) in [6, 6.07) is 0. The number of carbonyl (C=O) groups is 3. The maximum absolute atomic E-state index is 12.9. The summed E-state index contributed by atoms with van der Waals surface area (Å²) < 4.78 is 5.26. The van der Waals surface area contributed by atoms with Crippen molar-refractivity contribution in [2.45, 2.75) is 39.0 Å². The van der Waals surface area contributed by atoms with Crippen molar-refractivity contribution in [3.8, 4) is 0 Å². The van der Waals surface area contributed by atoms with Crippen molar-refractivity contribution in [1.82, 2.24) is 10.2 Å². The molecule has 0 spiro atoms. The van der Waals surface area contributed by atoms with Crippen LogP contribution in [0, 0.1) is 18.8 Å². The molecule has 2 N–H and O–H groups in total. The van der Waals surface area contributed by atoms with Crippen molar-refractivity contribution in [2.75, 3.05) is 19.6 Å². The highest BCUT2D eigenvalue weighted by molar-refractivity contribution is 5.97. The molecule has 2 amide bonds. The van der Waals surface area contributed by atoms with E-state index < -0.39 is 5.97 Å². The van der Waals surface area contributed by atoms with Crippen LogP contribution in [-0.4, -0.2) is 47.4 Å². The van der Waals surface area contributed by atoms with Gasteiger partial charge in [-0.2, -0.15) is 0 Å². The molecule has 1 aliphatic heterocycles. The third-order valence-electron chi connectivity index (χ3n) is 4.92. The zero-order valence-corrected chi connectivity index (χ0v) is 14.4. The lowest BCUT2D eigenvalue weighted by Gasteiger charge is -2.32. The third kappa shape index (κ3) is 4.21. The number of likely N-dealkylation sites (tertiary alicyclic amines) is 1. The van der Waals surface area contributed by atoms with Crippen molar-refractivity contribution in [3.63, 3.8) is 0 Å². The summed E-state index contributed by atoms with van der Waals surface area (Å²) in [6.07, 6.45) is 4.98. The Morgan fingerprint density at radius 3 is 2.76 bits per heavy atom. The normalized spacial score (nSPS) is 20.4. The fourth-order valence-electron chi connectivity index (χ4n) is 3.30. The molecule has 1 saturated heterocycles. The standard InChI is InChI=1S/C18H24N2O5/c1-11-10-25-14(7-15(21)22)16(11)18(24)20-6-2-3-13(9-20)17(23)19-8-12-4-5-12/h10,12-13H,2-9H2,1H3,(H,19,23)(H,21,22). The van der Waals surface area contributed by atoms with Crippen molar-refractivity contribution < 1.29 is 23.9 Å². The van der Waals surface area contributed by atoms with Gasteiger partial charge in [-0.05, 0) is 38.5 Å². The van der Waals surface area contributed by atoms with E-state index in [4.69, 9.17) is 9.52 Å². The zero-order valence-electron chi connectivity index (χ0n) is 14.4. The second-order valence-electron chi connectivity index (χ2n) is 7.07. The van der Waals surface area contributed by atoms with Gasteiger partial charge in [0.05, 0.1) is 17.7 Å². The van der Waals surface area contributed by atoms with E-state index in [0.29, 0.717) is 30.1 Å². The number of carboxylic acid groups (broad SMARTS) is 1. The van der Waals surface area contributed by atoms with Crippen LogP contribution in [0.4, 0.5) is 0 Å². The van der Waals surface area contributed by atoms with Gasteiger partial charge in [0.1, 0.15) is 12.2 Å². The first-order valence-corrected chi connectivity index (χ1v) is 8.81. The number of piperidine rings is 1. The van der Waals surface area contributed by atoms with Crippen molar-refractivity contribution in [2.24, 2.45) is 11.8 Å². The Bertz CT molecular complexity index is 677. The summed E-state index contributed by atoms with van der Waals surface area (Å²) in [4.78, 5) is 37.8. The number of aryl methyl sites for hydroxylation is 1. The maximum Gasteiger partial charge on any atom is 0.311 e. The van der Waals surface area contributed by atoms with E-state index in [0.717, 1.165) is 19.4 Å². The first kappa shape index (κ1) is 17.5. The van der Waals surface area contributed by atoms with Gasteiger partial charge in [-0.1, -0.05) is 0 Å². The highest BCUT2D eigenvalue weighted by Crippen LogP contribution is 2.28. The number of nitrogens with one attached hydrogen (secondary N) is 1. The van der Waals surface area contributed by atoms with Gasteiger partial charge in [0.15, 0.2) is 0 Å². The van der Waals surface area contributed by atoms with Gasteiger partial charge in [0.2, 0.25) is 5.91 Å². The fourth-order valence-corrected chi connectivity index (χ4v) is 3.30. The Morgan fingerprint density at radius 2 is 2.08 bits per heavy atom. The van der Waals surface area contributed by atoms with Crippen molar-refractivity contribution >= 4 is 17.8 Å². The molecule has 1 aromatic rings. The minimum absolute atomic E-state index is 0.0130. The van der Waals surface area contributed by atoms with Crippen LogP contribution in [0.5, 0.6) is 0 Å². The van der Waals surface area contributed by atoms with E-state index in [1.54, 1.807) is 11.8 Å². The molecule has 0 bridgehead atoms. The molecular formula is C18H24N2O5. The molecule has 1 aliphatic carbocycles. The number of aliphatic carboxylic acids is 1. The number of carbonyl (C=O) groups excluding carboxylic acids is 2. The van der Waals surface area contributed by atoms with Crippen LogP contribution in [0.3, 0.4) is 0 Å². The quantitative estimate of drug-likeness (QED) is 0.813. The third-order valence-corrected chi connectivity index (χ3v) is 4.92. The Balaban J connectivity index is 1.66. The molecule has 3 rings (SSSR count). The molecule has 0 aromatic carbocycles. The Hall–Kier alpha value is -2.31. The van der Waals surface area contributed by atoms with E-state index in [1.165, 1.54) is 19.1 Å². The van der Waals surface area contributed by atoms with Crippen molar-refractivity contribution in [1.29, 1.82) is 0 Å². The first-order valence-electron chi connectivity index (χ1n) is 8.81. The predicted octanol–water partition coefficient (Wildman–Crippen LogP) is 1.59. The molecule has 1 saturated carbocycles. The lowest BCUT2D eigenvalue weighted by atomic mass is 9.96. The number of rotatable bonds is 6. The summed E-state index contributed by atoms with van der Waals surface area (Å²) in [5.41, 5.74) is 0.947. The minimum Gasteiger partial charge on any atom is -0.481 e. The number of furan rings is 1. The first-order chi connectivity index (χ1) is 12.0. The number of hydrogen-bond acceptors (Lipinski definition) is 4. The smallest absolute Gasteiger partial charge is 0.311 e. The van der Waals surface area contributed by atoms with E-state index in [2.05, 4.69) is 5.32 Å². The Morgan fingerprint density at radius 1 is 1.32 bits per heavy atom. The highest BCUT2D eigenvalue weighted by Gasteiger charge is 2.32. The molecular weight excluding hydrogens is 324 g/mol. The Labute approximate surface area is 146 Å². The highest BCUT2D eigenvalue weighted by atomic mass is 16.4. The summed E-state index contributed by atoms with van der Waals surface area (Å²) in [6.45, 7) is 3.40. The number of hydrogen-bond donors (Lipinski definition) is 2. The fraction of sp³-hybridized carbons (Fsp3) is 0.611. The summed E-state index contributed by atoms with van der Waals surface area (Å²) in [5, 5.41) is 12.0. The second kappa shape index (κ2) is 7.29. The van der Waals surface area contributed by atoms with Crippen LogP contribution in [0.2, 0.25) is 0 Å². The van der Waals surface area contributed by atoms with Gasteiger partial charge < -0.3 is 19.7 Å². The lowest BCUT2D eigenvalue weighted by Crippen LogP contribution is -2.46. The molecule has 7 nitrogen and oxygen atoms in total. The monoisotopic (exact) mass is 348 g/mol. The van der Waals surface area contributed by atoms with Crippen LogP contribution in [-0.2, 0) is 16.0 Å². The molecule has 7 heteroatoms. The Kier molecular flexibility index (Phi) is 5.11. The van der Waals surface area contributed by atoms with Crippen LogP contribution in [0.15, 0.2) is 10.7 Å². The average molecular weight is 348 g/mol. The van der Waals surface area contributed by atoms with E-state index in [9.17, 15) is 14.4 Å². The molecule has 0 radical (unpaired) electrons. The van der Waals surface area contributed by atoms with E-state index >= 15 is 0 Å². The molecule has 25 heavy (non-hydrogen) atoms. The molecule has 2 fully saturated rings. The molecule has 136 valence electrons. The minimum atomic E-state index is -1.04. The number of nitrogens with zero attached hydrogens (tertiary/aromatic N) is 1. The molecule has 1 unspecified atom stereocenters. The van der Waals surface area contributed by atoms with Crippen LogP contribution in [0.1, 0.15) is 47.4 Å². The van der Waals surface area contributed by atoms with Gasteiger partial charge in [0.25, 0.3) is 5.91 Å². The summed E-state index contributed by atoms with van der Waals surface area (Å²) >= 11 is 0. The SMILES string of the molecule is Cc1coc(CC(=O)O)c1C(=O)N1CCCC(C(=O)NCC2CC2)C1. The van der Waals surface area contributed by atoms with Gasteiger partial charge in [-0.3, -0.25) is 14.4 Å². The van der Waals surface area contributed by atoms with E-state index in [1.807, 2.05) is 0 Å². The largest absolute Gasteiger partial charge is 0.481 e. The number of amides is 2. The lowest BCUT2D eigenvalue weighted by molar-refractivity contribution is -0.136. The maximum atomic E-state index is 12.9. The second-order valence-corrected chi connectivity index (χ2v) is 7.07. The molecule has 2 heterocycles. The van der Waals surface area contributed by atoms with Gasteiger partial charge in [-0.25, -0.2) is 0 Å². The van der Waals surface area contributed by atoms with Gasteiger partial charge in [0, 0.05) is 25.2 Å².